The van der Waals surface area contributed by atoms with E-state index in [2.05, 4.69) is 32.8 Å². The predicted molar refractivity (Wildman–Crippen MR) is 93.3 cm³/mol. The normalized spacial score (nSPS) is 16.6. The lowest BCUT2D eigenvalue weighted by atomic mass is 10.1. The third-order valence-corrected chi connectivity index (χ3v) is 5.13. The van der Waals surface area contributed by atoms with Gasteiger partial charge in [-0.25, -0.2) is 4.79 Å². The van der Waals surface area contributed by atoms with Crippen molar-refractivity contribution in [3.8, 4) is 0 Å². The van der Waals surface area contributed by atoms with Crippen LogP contribution in [-0.4, -0.2) is 16.9 Å². The smallest absolute Gasteiger partial charge is 0.338 e. The number of ether oxygens (including phenoxy) is 1. The van der Waals surface area contributed by atoms with Crippen LogP contribution in [0, 0.1) is 3.57 Å². The zero-order chi connectivity index (χ0) is 14.8. The molecule has 21 heavy (non-hydrogen) atoms. The Morgan fingerprint density at radius 3 is 2.86 bits per heavy atom. The maximum Gasteiger partial charge on any atom is 0.338 e. The molecule has 3 rings (SSSR count). The highest BCUT2D eigenvalue weighted by molar-refractivity contribution is 14.1. The van der Waals surface area contributed by atoms with Crippen molar-refractivity contribution in [3.05, 3.63) is 49.7 Å². The van der Waals surface area contributed by atoms with Gasteiger partial charge in [0.05, 0.1) is 9.74 Å². The fourth-order valence-corrected chi connectivity index (χ4v) is 3.37. The highest BCUT2D eigenvalue weighted by atomic mass is 127. The molecule has 0 radical (unpaired) electrons. The van der Waals surface area contributed by atoms with Crippen LogP contribution in [0.5, 0.6) is 0 Å². The van der Waals surface area contributed by atoms with Crippen LogP contribution < -0.4 is 0 Å². The molecule has 4 nitrogen and oxygen atoms in total. The van der Waals surface area contributed by atoms with E-state index < -0.39 is 12.0 Å². The van der Waals surface area contributed by atoms with Gasteiger partial charge in [0.2, 0.25) is 6.04 Å². The van der Waals surface area contributed by atoms with Gasteiger partial charge in [0.1, 0.15) is 12.3 Å². The molecule has 0 fully saturated rings. The number of rotatable bonds is 3. The Labute approximate surface area is 144 Å². The minimum atomic E-state index is -0.810. The number of esters is 1. The van der Waals surface area contributed by atoms with Gasteiger partial charge in [-0.1, -0.05) is 24.4 Å². The van der Waals surface area contributed by atoms with Gasteiger partial charge in [0, 0.05) is 3.57 Å². The first kappa shape index (κ1) is 14.7. The molecule has 1 aromatic carbocycles. The molecule has 1 aromatic heterocycles. The van der Waals surface area contributed by atoms with E-state index in [4.69, 9.17) is 17.0 Å². The van der Waals surface area contributed by atoms with Gasteiger partial charge in [-0.2, -0.15) is 10.2 Å². The number of carbonyl (C=O) groups is 1. The van der Waals surface area contributed by atoms with Crippen LogP contribution in [0.2, 0.25) is 0 Å². The summed E-state index contributed by atoms with van der Waals surface area (Å²) in [6.45, 7) is 0.210. The average Bonchev–Trinajstić information content (AvgIpc) is 2.96. The maximum atomic E-state index is 12.1. The average molecular weight is 428 g/mol. The first-order valence-corrected chi connectivity index (χ1v) is 8.45. The molecule has 2 aromatic rings. The number of hydrogen-bond acceptors (Lipinski definition) is 6. The molecule has 2 heterocycles. The second-order valence-electron chi connectivity index (χ2n) is 4.35. The monoisotopic (exact) mass is 428 g/mol. The molecule has 106 valence electrons. The third kappa shape index (κ3) is 3.19. The number of hydrogen-bond donors (Lipinski definition) is 0. The number of nitrogens with zero attached hydrogens (tertiary/aromatic N) is 2. The molecular weight excluding hydrogens is 419 g/mol. The minimum absolute atomic E-state index is 0.210. The maximum absolute atomic E-state index is 12.1. The second kappa shape index (κ2) is 6.29. The number of carbonyl (C=O) groups excluding carboxylic acids is 1. The van der Waals surface area contributed by atoms with Crippen LogP contribution in [0.3, 0.4) is 0 Å². The zero-order valence-corrected chi connectivity index (χ0v) is 14.4. The molecule has 1 aliphatic rings. The molecule has 0 spiro atoms. The first-order chi connectivity index (χ1) is 10.1. The second-order valence-corrected chi connectivity index (χ2v) is 6.95. The Bertz CT molecular complexity index is 725. The van der Waals surface area contributed by atoms with Crippen molar-refractivity contribution < 1.29 is 9.53 Å². The molecule has 1 unspecified atom stereocenters. The van der Waals surface area contributed by atoms with E-state index in [1.54, 1.807) is 0 Å². The van der Waals surface area contributed by atoms with Gasteiger partial charge < -0.3 is 4.74 Å². The van der Waals surface area contributed by atoms with E-state index in [1.165, 1.54) is 11.3 Å². The van der Waals surface area contributed by atoms with Crippen molar-refractivity contribution in [2.24, 2.45) is 10.2 Å². The summed E-state index contributed by atoms with van der Waals surface area (Å²) in [4.78, 5) is 13.4. The lowest BCUT2D eigenvalue weighted by Gasteiger charge is -2.15. The number of azo groups is 1. The van der Waals surface area contributed by atoms with Crippen molar-refractivity contribution in [1.29, 1.82) is 0 Å². The Kier molecular flexibility index (Phi) is 4.41. The van der Waals surface area contributed by atoms with E-state index in [0.717, 1.165) is 19.7 Å². The fraction of sp³-hybridized carbons (Fsp3) is 0.143. The lowest BCUT2D eigenvalue weighted by Crippen LogP contribution is -2.30. The number of thiophene rings is 1. The number of fused-ring (bicyclic) bond motifs is 1. The van der Waals surface area contributed by atoms with Crippen LogP contribution in [0.4, 0.5) is 5.69 Å². The summed E-state index contributed by atoms with van der Waals surface area (Å²) < 4.78 is 6.43. The van der Waals surface area contributed by atoms with Crippen LogP contribution in [0.1, 0.15) is 10.4 Å². The standard InChI is InChI=1S/C14H9IN2O2S2/c15-9-3-1-8(2-4-9)7-19-14(18)11-12(20)13-10(16-17-11)5-6-21-13/h1-6,11H,7H2. The fourth-order valence-electron chi connectivity index (χ4n) is 1.83. The van der Waals surface area contributed by atoms with Gasteiger partial charge >= 0.3 is 5.97 Å². The summed E-state index contributed by atoms with van der Waals surface area (Å²) in [6, 6.07) is 8.80. The summed E-state index contributed by atoms with van der Waals surface area (Å²) in [5, 5.41) is 9.87. The van der Waals surface area contributed by atoms with Crippen molar-refractivity contribution in [1.82, 2.24) is 0 Å². The lowest BCUT2D eigenvalue weighted by molar-refractivity contribution is -0.144. The molecule has 0 amide bonds. The number of benzene rings is 1. The van der Waals surface area contributed by atoms with Crippen LogP contribution in [0.15, 0.2) is 45.9 Å². The van der Waals surface area contributed by atoms with Crippen molar-refractivity contribution >= 4 is 62.7 Å². The van der Waals surface area contributed by atoms with E-state index >= 15 is 0 Å². The van der Waals surface area contributed by atoms with Gasteiger partial charge in [-0.3, -0.25) is 0 Å². The van der Waals surface area contributed by atoms with E-state index in [9.17, 15) is 4.79 Å². The summed E-state index contributed by atoms with van der Waals surface area (Å²) in [5.74, 6) is -0.457. The van der Waals surface area contributed by atoms with Gasteiger partial charge in [-0.15, -0.1) is 11.3 Å². The van der Waals surface area contributed by atoms with Crippen molar-refractivity contribution in [3.63, 3.8) is 0 Å². The summed E-state index contributed by atoms with van der Waals surface area (Å²) in [5.41, 5.74) is 1.66. The van der Waals surface area contributed by atoms with Gasteiger partial charge in [0.15, 0.2) is 0 Å². The first-order valence-electron chi connectivity index (χ1n) is 6.09. The van der Waals surface area contributed by atoms with Gasteiger partial charge in [0.25, 0.3) is 0 Å². The van der Waals surface area contributed by atoms with E-state index in [-0.39, 0.29) is 6.61 Å². The number of halogens is 1. The minimum Gasteiger partial charge on any atom is -0.459 e. The molecule has 1 atom stereocenters. The predicted octanol–water partition coefficient (Wildman–Crippen LogP) is 4.28. The Balaban J connectivity index is 1.66. The molecule has 0 bridgehead atoms. The third-order valence-electron chi connectivity index (χ3n) is 2.92. The molecule has 0 N–H and O–H groups in total. The zero-order valence-electron chi connectivity index (χ0n) is 10.7. The molecule has 1 aliphatic heterocycles. The van der Waals surface area contributed by atoms with Crippen molar-refractivity contribution in [2.75, 3.05) is 0 Å². The molecule has 0 aliphatic carbocycles. The van der Waals surface area contributed by atoms with E-state index in [1.807, 2.05) is 35.7 Å². The SMILES string of the molecule is O=C(OCc1ccc(I)cc1)C1N=Nc2ccsc2C1=S. The van der Waals surface area contributed by atoms with Crippen LogP contribution >= 0.6 is 46.1 Å². The Morgan fingerprint density at radius 2 is 2.10 bits per heavy atom. The highest BCUT2D eigenvalue weighted by Crippen LogP contribution is 2.32. The quantitative estimate of drug-likeness (QED) is 0.417. The summed E-state index contributed by atoms with van der Waals surface area (Å²) in [6.07, 6.45) is 0. The largest absolute Gasteiger partial charge is 0.459 e. The topological polar surface area (TPSA) is 51.0 Å². The van der Waals surface area contributed by atoms with Crippen molar-refractivity contribution in [2.45, 2.75) is 12.6 Å². The Hall–Kier alpha value is -1.19. The molecule has 7 heteroatoms. The number of thiocarbonyl (C=S) groups is 1. The van der Waals surface area contributed by atoms with Crippen LogP contribution in [-0.2, 0) is 16.1 Å². The van der Waals surface area contributed by atoms with Crippen LogP contribution in [0.25, 0.3) is 0 Å². The highest BCUT2D eigenvalue weighted by Gasteiger charge is 2.31. The molecular formula is C14H9IN2O2S2. The van der Waals surface area contributed by atoms with Gasteiger partial charge in [-0.05, 0) is 51.7 Å². The molecule has 0 saturated carbocycles. The summed E-state index contributed by atoms with van der Waals surface area (Å²) >= 11 is 9.01. The van der Waals surface area contributed by atoms with E-state index in [0.29, 0.717) is 4.86 Å². The Morgan fingerprint density at radius 1 is 1.33 bits per heavy atom. The molecule has 0 saturated heterocycles. The summed E-state index contributed by atoms with van der Waals surface area (Å²) in [7, 11) is 0.